The number of nitrogens with zero attached hydrogens (tertiary/aromatic N) is 1. The number of carbonyl (C=O) groups is 1. The lowest BCUT2D eigenvalue weighted by Crippen LogP contribution is -1.95. The summed E-state index contributed by atoms with van der Waals surface area (Å²) in [6, 6.07) is 11.2. The molecular formula is C25H25NO5S. The lowest BCUT2D eigenvalue weighted by atomic mass is 10.1. The van der Waals surface area contributed by atoms with E-state index < -0.39 is 0 Å². The molecule has 0 saturated carbocycles. The number of ketones is 1. The van der Waals surface area contributed by atoms with Crippen LogP contribution in [0.4, 0.5) is 0 Å². The smallest absolute Gasteiger partial charge is 0.197 e. The van der Waals surface area contributed by atoms with Crippen molar-refractivity contribution in [3.05, 3.63) is 69.2 Å². The fourth-order valence-electron chi connectivity index (χ4n) is 3.21. The third-order valence-corrected chi connectivity index (χ3v) is 5.86. The van der Waals surface area contributed by atoms with E-state index in [1.165, 1.54) is 17.4 Å². The van der Waals surface area contributed by atoms with Crippen LogP contribution in [0.5, 0.6) is 23.0 Å². The largest absolute Gasteiger partial charge is 0.493 e. The fraction of sp³-hybridized carbons (Fsp3) is 0.200. The van der Waals surface area contributed by atoms with Crippen molar-refractivity contribution >= 4 is 35.3 Å². The number of benzene rings is 2. The Morgan fingerprint density at radius 3 is 1.91 bits per heavy atom. The molecule has 0 fully saturated rings. The summed E-state index contributed by atoms with van der Waals surface area (Å²) >= 11 is 1.34. The minimum atomic E-state index is -0.122. The Morgan fingerprint density at radius 1 is 0.812 bits per heavy atom. The number of carbonyl (C=O) groups excluding carboxylic acids is 1. The average Bonchev–Trinajstić information content (AvgIpc) is 3.20. The number of ether oxygens (including phenoxy) is 4. The molecule has 6 nitrogen and oxygen atoms in total. The van der Waals surface area contributed by atoms with Crippen molar-refractivity contribution in [1.82, 2.24) is 4.98 Å². The summed E-state index contributed by atoms with van der Waals surface area (Å²) in [5.74, 6) is 2.36. The van der Waals surface area contributed by atoms with Crippen molar-refractivity contribution in [1.29, 1.82) is 0 Å². The lowest BCUT2D eigenvalue weighted by Gasteiger charge is -2.09. The molecule has 0 amide bonds. The molecule has 0 atom stereocenters. The molecule has 3 rings (SSSR count). The fourth-order valence-corrected chi connectivity index (χ4v) is 4.10. The van der Waals surface area contributed by atoms with Crippen LogP contribution in [0.3, 0.4) is 0 Å². The molecule has 2 aromatic carbocycles. The Kier molecular flexibility index (Phi) is 7.68. The molecule has 32 heavy (non-hydrogen) atoms. The molecule has 1 heterocycles. The van der Waals surface area contributed by atoms with Crippen LogP contribution in [0, 0.1) is 6.92 Å². The van der Waals surface area contributed by atoms with Crippen LogP contribution < -0.4 is 18.9 Å². The molecule has 0 spiro atoms. The molecule has 0 radical (unpaired) electrons. The average molecular weight is 452 g/mol. The molecule has 0 N–H and O–H groups in total. The van der Waals surface area contributed by atoms with Gasteiger partial charge in [0.15, 0.2) is 28.8 Å². The second kappa shape index (κ2) is 10.6. The summed E-state index contributed by atoms with van der Waals surface area (Å²) < 4.78 is 21.5. The van der Waals surface area contributed by atoms with E-state index in [9.17, 15) is 4.79 Å². The highest BCUT2D eigenvalue weighted by Crippen LogP contribution is 2.33. The molecular weight excluding hydrogens is 426 g/mol. The number of allylic oxidation sites excluding steroid dienone is 1. The summed E-state index contributed by atoms with van der Waals surface area (Å²) in [5.41, 5.74) is 2.30. The molecule has 1 aromatic heterocycles. The maximum Gasteiger partial charge on any atom is 0.197 e. The minimum absolute atomic E-state index is 0.122. The van der Waals surface area contributed by atoms with E-state index in [1.54, 1.807) is 40.6 Å². The van der Waals surface area contributed by atoms with Crippen LogP contribution in [0.1, 0.15) is 31.5 Å². The molecule has 0 aliphatic heterocycles. The van der Waals surface area contributed by atoms with E-state index in [1.807, 2.05) is 49.4 Å². The summed E-state index contributed by atoms with van der Waals surface area (Å²) in [6.07, 6.45) is 7.00. The predicted octanol–water partition coefficient (Wildman–Crippen LogP) is 5.55. The van der Waals surface area contributed by atoms with Gasteiger partial charge in [-0.05, 0) is 43.4 Å². The molecule has 0 saturated heterocycles. The minimum Gasteiger partial charge on any atom is -0.493 e. The van der Waals surface area contributed by atoms with Crippen molar-refractivity contribution in [2.45, 2.75) is 6.92 Å². The molecule has 0 aliphatic rings. The van der Waals surface area contributed by atoms with Crippen molar-refractivity contribution in [3.8, 4) is 23.0 Å². The number of thiazole rings is 1. The van der Waals surface area contributed by atoms with Crippen molar-refractivity contribution in [2.24, 2.45) is 0 Å². The number of rotatable bonds is 9. The third-order valence-electron chi connectivity index (χ3n) is 4.72. The van der Waals surface area contributed by atoms with Crippen LogP contribution in [0.25, 0.3) is 18.2 Å². The number of para-hydroxylation sites is 2. The predicted molar refractivity (Wildman–Crippen MR) is 128 cm³/mol. The van der Waals surface area contributed by atoms with Gasteiger partial charge in [-0.2, -0.15) is 0 Å². The quantitative estimate of drug-likeness (QED) is 0.314. The highest BCUT2D eigenvalue weighted by molar-refractivity contribution is 7.14. The SMILES string of the molecule is COc1cccc(/C=C/C(=O)c2sc(/C=C/c3cccc(OC)c3OC)nc2C)c1OC. The van der Waals surface area contributed by atoms with Gasteiger partial charge in [0.05, 0.1) is 39.0 Å². The Hall–Kier alpha value is -3.58. The first-order valence-electron chi connectivity index (χ1n) is 9.82. The van der Waals surface area contributed by atoms with Crippen molar-refractivity contribution in [3.63, 3.8) is 0 Å². The molecule has 166 valence electrons. The topological polar surface area (TPSA) is 66.9 Å². The number of methoxy groups -OCH3 is 4. The second-order valence-corrected chi connectivity index (χ2v) is 7.69. The van der Waals surface area contributed by atoms with Gasteiger partial charge in [0, 0.05) is 11.1 Å². The van der Waals surface area contributed by atoms with Crippen LogP contribution in [-0.2, 0) is 0 Å². The summed E-state index contributed by atoms with van der Waals surface area (Å²) in [7, 11) is 6.35. The van der Waals surface area contributed by atoms with Crippen molar-refractivity contribution in [2.75, 3.05) is 28.4 Å². The zero-order valence-electron chi connectivity index (χ0n) is 18.7. The van der Waals surface area contributed by atoms with Gasteiger partial charge in [-0.1, -0.05) is 24.3 Å². The summed E-state index contributed by atoms with van der Waals surface area (Å²) in [6.45, 7) is 1.83. The normalized spacial score (nSPS) is 11.2. The van der Waals surface area contributed by atoms with E-state index in [4.69, 9.17) is 18.9 Å². The third kappa shape index (κ3) is 5.00. The highest BCUT2D eigenvalue weighted by Gasteiger charge is 2.14. The summed E-state index contributed by atoms with van der Waals surface area (Å²) in [4.78, 5) is 17.9. The zero-order valence-corrected chi connectivity index (χ0v) is 19.5. The standard InChI is InChI=1S/C25H25NO5S/c1-16-25(19(27)14-12-17-8-6-10-20(28-2)23(17)30-4)32-22(26-16)15-13-18-9-7-11-21(29-3)24(18)31-5/h6-15H,1-5H3/b14-12+,15-13+. The van der Waals surface area contributed by atoms with Gasteiger partial charge in [-0.25, -0.2) is 4.98 Å². The number of hydrogen-bond acceptors (Lipinski definition) is 7. The molecule has 3 aromatic rings. The molecule has 0 bridgehead atoms. The van der Waals surface area contributed by atoms with E-state index in [0.29, 0.717) is 33.6 Å². The van der Waals surface area contributed by atoms with Crippen LogP contribution >= 0.6 is 11.3 Å². The van der Waals surface area contributed by atoms with Crippen LogP contribution in [0.15, 0.2) is 42.5 Å². The molecule has 7 heteroatoms. The lowest BCUT2D eigenvalue weighted by molar-refractivity contribution is 0.105. The number of hydrogen-bond donors (Lipinski definition) is 0. The van der Waals surface area contributed by atoms with E-state index in [2.05, 4.69) is 4.98 Å². The molecule has 0 unspecified atom stereocenters. The monoisotopic (exact) mass is 451 g/mol. The van der Waals surface area contributed by atoms with Crippen molar-refractivity contribution < 1.29 is 23.7 Å². The van der Waals surface area contributed by atoms with Gasteiger partial charge in [0.1, 0.15) is 5.01 Å². The maximum atomic E-state index is 12.8. The Balaban J connectivity index is 1.83. The molecule has 0 aliphatic carbocycles. The first kappa shape index (κ1) is 23.1. The first-order chi connectivity index (χ1) is 15.5. The van der Waals surface area contributed by atoms with Crippen LogP contribution in [0.2, 0.25) is 0 Å². The maximum absolute atomic E-state index is 12.8. The van der Waals surface area contributed by atoms with Gasteiger partial charge < -0.3 is 18.9 Å². The number of aryl methyl sites for hydroxylation is 1. The number of aromatic nitrogens is 1. The van der Waals surface area contributed by atoms with Gasteiger partial charge in [0.2, 0.25) is 0 Å². The van der Waals surface area contributed by atoms with Gasteiger partial charge in [0.25, 0.3) is 0 Å². The Bertz CT molecular complexity index is 1160. The Morgan fingerprint density at radius 2 is 1.38 bits per heavy atom. The van der Waals surface area contributed by atoms with Gasteiger partial charge in [-0.3, -0.25) is 4.79 Å². The van der Waals surface area contributed by atoms with Gasteiger partial charge in [-0.15, -0.1) is 11.3 Å². The van der Waals surface area contributed by atoms with Gasteiger partial charge >= 0.3 is 0 Å². The van der Waals surface area contributed by atoms with E-state index in [0.717, 1.165) is 16.1 Å². The van der Waals surface area contributed by atoms with E-state index in [-0.39, 0.29) is 5.78 Å². The second-order valence-electron chi connectivity index (χ2n) is 6.66. The zero-order chi connectivity index (χ0) is 23.1. The summed E-state index contributed by atoms with van der Waals surface area (Å²) in [5, 5.41) is 0.725. The first-order valence-corrected chi connectivity index (χ1v) is 10.6. The van der Waals surface area contributed by atoms with E-state index >= 15 is 0 Å². The highest BCUT2D eigenvalue weighted by atomic mass is 32.1. The Labute approximate surface area is 191 Å². The van der Waals surface area contributed by atoms with Crippen LogP contribution in [-0.4, -0.2) is 39.2 Å².